The first kappa shape index (κ1) is 24.7. The molecule has 2 aromatic carbocycles. The number of methoxy groups -OCH3 is 3. The second kappa shape index (κ2) is 10.5. The minimum absolute atomic E-state index is 0.0481. The molecule has 10 nitrogen and oxygen atoms in total. The van der Waals surface area contributed by atoms with Crippen molar-refractivity contribution in [2.75, 3.05) is 33.3 Å². The topological polar surface area (TPSA) is 118 Å². The molecular weight excluding hydrogens is 486 g/mol. The third kappa shape index (κ3) is 4.60. The average Bonchev–Trinajstić information content (AvgIpc) is 3.32. The van der Waals surface area contributed by atoms with Crippen LogP contribution < -0.4 is 25.1 Å². The van der Waals surface area contributed by atoms with Gasteiger partial charge in [0.2, 0.25) is 0 Å². The predicted molar refractivity (Wildman–Crippen MR) is 135 cm³/mol. The lowest BCUT2D eigenvalue weighted by molar-refractivity contribution is 0.0520. The number of nitrogens with one attached hydrogen (secondary N) is 1. The third-order valence-electron chi connectivity index (χ3n) is 5.30. The summed E-state index contributed by atoms with van der Waals surface area (Å²) in [6.45, 7) is 1.81. The zero-order chi connectivity index (χ0) is 25.8. The molecular formula is C25H23N3O7S. The fourth-order valence-corrected chi connectivity index (χ4v) is 4.50. The predicted octanol–water partition coefficient (Wildman–Crippen LogP) is 3.90. The summed E-state index contributed by atoms with van der Waals surface area (Å²) in [5.74, 6) is 0.142. The summed E-state index contributed by atoms with van der Waals surface area (Å²) >= 11 is 1.10. The number of anilines is 1. The Hall–Kier alpha value is -4.38. The van der Waals surface area contributed by atoms with E-state index in [9.17, 15) is 14.4 Å². The number of ether oxygens (including phenoxy) is 4. The number of fused-ring (bicyclic) bond motifs is 1. The van der Waals surface area contributed by atoms with Gasteiger partial charge < -0.3 is 24.3 Å². The number of amides is 1. The fourth-order valence-electron chi connectivity index (χ4n) is 3.57. The molecule has 0 bridgehead atoms. The Kier molecular flexibility index (Phi) is 7.20. The Balaban J connectivity index is 1.86. The third-order valence-corrected chi connectivity index (χ3v) is 6.19. The highest BCUT2D eigenvalue weighted by Gasteiger charge is 2.24. The van der Waals surface area contributed by atoms with Gasteiger partial charge in [-0.2, -0.15) is 9.78 Å². The lowest BCUT2D eigenvalue weighted by Gasteiger charge is -2.12. The zero-order valence-corrected chi connectivity index (χ0v) is 20.8. The van der Waals surface area contributed by atoms with Gasteiger partial charge >= 0.3 is 5.97 Å². The van der Waals surface area contributed by atoms with E-state index in [4.69, 9.17) is 18.9 Å². The SMILES string of the molecule is CCOC(=O)c1nn(-c2cccc(OC)c2)c(=O)c2c(NC(=O)c3ccc(OC)cc3OC)scc12. The monoisotopic (exact) mass is 509 g/mol. The number of carbonyl (C=O) groups is 2. The molecule has 36 heavy (non-hydrogen) atoms. The highest BCUT2D eigenvalue weighted by Crippen LogP contribution is 2.32. The molecule has 0 fully saturated rings. The fraction of sp³-hybridized carbons (Fsp3) is 0.200. The van der Waals surface area contributed by atoms with E-state index < -0.39 is 17.4 Å². The molecule has 0 unspecified atom stereocenters. The largest absolute Gasteiger partial charge is 0.497 e. The summed E-state index contributed by atoms with van der Waals surface area (Å²) in [5.41, 5.74) is 0.0531. The molecule has 4 aromatic rings. The van der Waals surface area contributed by atoms with Crippen LogP contribution in [0, 0.1) is 0 Å². The molecule has 0 saturated heterocycles. The first-order chi connectivity index (χ1) is 17.4. The number of thiophene rings is 1. The van der Waals surface area contributed by atoms with E-state index in [1.807, 2.05) is 0 Å². The lowest BCUT2D eigenvalue weighted by Crippen LogP contribution is -2.25. The zero-order valence-electron chi connectivity index (χ0n) is 20.0. The number of rotatable bonds is 8. The Bertz CT molecular complexity index is 1510. The molecule has 0 saturated carbocycles. The Morgan fingerprint density at radius 3 is 2.47 bits per heavy atom. The molecule has 0 atom stereocenters. The van der Waals surface area contributed by atoms with Gasteiger partial charge in [-0.05, 0) is 31.2 Å². The normalized spacial score (nSPS) is 10.7. The maximum atomic E-state index is 13.6. The molecule has 0 aliphatic rings. The Morgan fingerprint density at radius 2 is 1.78 bits per heavy atom. The number of carbonyl (C=O) groups excluding carboxylic acids is 2. The van der Waals surface area contributed by atoms with Crippen molar-refractivity contribution in [2.24, 2.45) is 0 Å². The summed E-state index contributed by atoms with van der Waals surface area (Å²) < 4.78 is 22.0. The number of hydrogen-bond donors (Lipinski definition) is 1. The number of hydrogen-bond acceptors (Lipinski definition) is 9. The maximum absolute atomic E-state index is 13.6. The van der Waals surface area contributed by atoms with Gasteiger partial charge in [-0.3, -0.25) is 9.59 Å². The number of benzene rings is 2. The molecule has 11 heteroatoms. The van der Waals surface area contributed by atoms with Gasteiger partial charge in [0.05, 0.1) is 44.6 Å². The highest BCUT2D eigenvalue weighted by molar-refractivity contribution is 7.16. The van der Waals surface area contributed by atoms with E-state index in [1.165, 1.54) is 21.3 Å². The van der Waals surface area contributed by atoms with Crippen LogP contribution in [0.2, 0.25) is 0 Å². The van der Waals surface area contributed by atoms with Gasteiger partial charge in [0.1, 0.15) is 22.2 Å². The van der Waals surface area contributed by atoms with Crippen molar-refractivity contribution in [3.8, 4) is 22.9 Å². The van der Waals surface area contributed by atoms with E-state index >= 15 is 0 Å². The molecule has 0 radical (unpaired) electrons. The van der Waals surface area contributed by atoms with E-state index in [2.05, 4.69) is 10.4 Å². The summed E-state index contributed by atoms with van der Waals surface area (Å²) in [6, 6.07) is 11.5. The molecule has 1 N–H and O–H groups in total. The van der Waals surface area contributed by atoms with Crippen LogP contribution >= 0.6 is 11.3 Å². The van der Waals surface area contributed by atoms with Crippen LogP contribution in [0.15, 0.2) is 52.6 Å². The van der Waals surface area contributed by atoms with Crippen molar-refractivity contribution >= 4 is 39.0 Å². The van der Waals surface area contributed by atoms with Crippen molar-refractivity contribution in [2.45, 2.75) is 6.92 Å². The maximum Gasteiger partial charge on any atom is 0.359 e. The van der Waals surface area contributed by atoms with Gasteiger partial charge in [-0.15, -0.1) is 11.3 Å². The Morgan fingerprint density at radius 1 is 1.03 bits per heavy atom. The second-order valence-corrected chi connectivity index (χ2v) is 8.24. The minimum atomic E-state index is -0.688. The van der Waals surface area contributed by atoms with Crippen LogP contribution in [-0.2, 0) is 4.74 Å². The number of aromatic nitrogens is 2. The van der Waals surface area contributed by atoms with Crippen LogP contribution in [0.4, 0.5) is 5.00 Å². The molecule has 2 heterocycles. The van der Waals surface area contributed by atoms with E-state index in [1.54, 1.807) is 54.8 Å². The van der Waals surface area contributed by atoms with Crippen LogP contribution in [0.5, 0.6) is 17.2 Å². The van der Waals surface area contributed by atoms with E-state index in [-0.39, 0.29) is 33.6 Å². The summed E-state index contributed by atoms with van der Waals surface area (Å²) in [4.78, 5) is 39.5. The summed E-state index contributed by atoms with van der Waals surface area (Å²) in [6.07, 6.45) is 0. The molecule has 2 aromatic heterocycles. The smallest absolute Gasteiger partial charge is 0.359 e. The van der Waals surface area contributed by atoms with Gasteiger partial charge in [-0.1, -0.05) is 6.07 Å². The quantitative estimate of drug-likeness (QED) is 0.355. The molecule has 0 aliphatic heterocycles. The van der Waals surface area contributed by atoms with E-state index in [0.29, 0.717) is 22.9 Å². The molecule has 186 valence electrons. The lowest BCUT2D eigenvalue weighted by atomic mass is 10.1. The molecule has 0 aliphatic carbocycles. The average molecular weight is 510 g/mol. The summed E-state index contributed by atoms with van der Waals surface area (Å²) in [5, 5.41) is 9.32. The van der Waals surface area contributed by atoms with Crippen molar-refractivity contribution in [1.29, 1.82) is 0 Å². The first-order valence-corrected chi connectivity index (χ1v) is 11.7. The molecule has 1 amide bonds. The van der Waals surface area contributed by atoms with Crippen molar-refractivity contribution in [3.63, 3.8) is 0 Å². The van der Waals surface area contributed by atoms with Gasteiger partial charge in [-0.25, -0.2) is 4.79 Å². The van der Waals surface area contributed by atoms with Crippen LogP contribution in [0.25, 0.3) is 16.5 Å². The van der Waals surface area contributed by atoms with Crippen molar-refractivity contribution < 1.29 is 28.5 Å². The van der Waals surface area contributed by atoms with Crippen LogP contribution in [0.1, 0.15) is 27.8 Å². The second-order valence-electron chi connectivity index (χ2n) is 7.36. The highest BCUT2D eigenvalue weighted by atomic mass is 32.1. The Labute approximate surface area is 210 Å². The van der Waals surface area contributed by atoms with Crippen molar-refractivity contribution in [3.05, 3.63) is 69.5 Å². The van der Waals surface area contributed by atoms with Crippen LogP contribution in [0.3, 0.4) is 0 Å². The molecule has 0 spiro atoms. The first-order valence-electron chi connectivity index (χ1n) is 10.8. The number of esters is 1. The van der Waals surface area contributed by atoms with Gasteiger partial charge in [0.15, 0.2) is 5.69 Å². The van der Waals surface area contributed by atoms with Crippen LogP contribution in [-0.4, -0.2) is 49.6 Å². The standard InChI is InChI=1S/C25H23N3O7S/c1-5-35-25(31)21-18-13-36-23(26-22(29)17-10-9-16(33-3)12-19(17)34-4)20(18)24(30)28(27-21)14-7-6-8-15(11-14)32-2/h6-13H,5H2,1-4H3,(H,26,29). The van der Waals surface area contributed by atoms with Gasteiger partial charge in [0, 0.05) is 22.9 Å². The number of nitrogens with zero attached hydrogens (tertiary/aromatic N) is 2. The molecule has 4 rings (SSSR count). The summed E-state index contributed by atoms with van der Waals surface area (Å²) in [7, 11) is 4.45. The van der Waals surface area contributed by atoms with Crippen molar-refractivity contribution in [1.82, 2.24) is 9.78 Å². The van der Waals surface area contributed by atoms with Gasteiger partial charge in [0.25, 0.3) is 11.5 Å². The minimum Gasteiger partial charge on any atom is -0.497 e. The van der Waals surface area contributed by atoms with E-state index in [0.717, 1.165) is 16.0 Å².